The molecule has 3 N–H and O–H groups in total. The number of aromatic nitrogens is 2. The lowest BCUT2D eigenvalue weighted by Crippen LogP contribution is -2.32. The van der Waals surface area contributed by atoms with Crippen molar-refractivity contribution in [3.63, 3.8) is 0 Å². The molecule has 0 aliphatic rings. The number of hydrogen-bond acceptors (Lipinski definition) is 4. The number of halogens is 1. The highest BCUT2D eigenvalue weighted by atomic mass is 35.5. The number of nitrogens with zero attached hydrogens (tertiary/aromatic N) is 4. The molecule has 0 saturated heterocycles. The van der Waals surface area contributed by atoms with E-state index in [0.29, 0.717) is 18.2 Å². The molecule has 0 aliphatic heterocycles. The van der Waals surface area contributed by atoms with Crippen molar-refractivity contribution in [1.29, 1.82) is 0 Å². The molecule has 0 aliphatic carbocycles. The van der Waals surface area contributed by atoms with E-state index in [1.165, 1.54) is 0 Å². The van der Waals surface area contributed by atoms with Gasteiger partial charge in [0.15, 0.2) is 0 Å². The number of aryl methyl sites for hydroxylation is 2. The molecular formula is C11H20ClN5O. The van der Waals surface area contributed by atoms with Crippen molar-refractivity contribution in [3.8, 4) is 0 Å². The number of oxime groups is 1. The quantitative estimate of drug-likeness (QED) is 0.366. The van der Waals surface area contributed by atoms with E-state index in [9.17, 15) is 0 Å². The molecule has 1 unspecified atom stereocenters. The van der Waals surface area contributed by atoms with Crippen LogP contribution in [0.25, 0.3) is 0 Å². The minimum atomic E-state index is -0.0178. The van der Waals surface area contributed by atoms with Crippen molar-refractivity contribution in [2.75, 3.05) is 13.6 Å². The zero-order valence-corrected chi connectivity index (χ0v) is 11.9. The van der Waals surface area contributed by atoms with Crippen LogP contribution in [0.2, 0.25) is 5.15 Å². The predicted octanol–water partition coefficient (Wildman–Crippen LogP) is 1.20. The summed E-state index contributed by atoms with van der Waals surface area (Å²) < 4.78 is 1.66. The summed E-state index contributed by atoms with van der Waals surface area (Å²) in [4.78, 5) is 2.07. The smallest absolute Gasteiger partial charge is 0.143 e. The fraction of sp³-hybridized carbons (Fsp3) is 0.636. The van der Waals surface area contributed by atoms with E-state index in [4.69, 9.17) is 22.5 Å². The monoisotopic (exact) mass is 273 g/mol. The van der Waals surface area contributed by atoms with Gasteiger partial charge in [-0.15, -0.1) is 0 Å². The molecule has 1 aromatic rings. The van der Waals surface area contributed by atoms with Crippen LogP contribution in [0.3, 0.4) is 0 Å². The van der Waals surface area contributed by atoms with Gasteiger partial charge in [-0.1, -0.05) is 23.7 Å². The Balaban J connectivity index is 2.68. The molecule has 1 heterocycles. The van der Waals surface area contributed by atoms with Crippen molar-refractivity contribution in [1.82, 2.24) is 14.7 Å². The summed E-state index contributed by atoms with van der Waals surface area (Å²) in [6, 6.07) is 0. The van der Waals surface area contributed by atoms with E-state index in [2.05, 4.69) is 15.2 Å². The highest BCUT2D eigenvalue weighted by Gasteiger charge is 2.16. The summed E-state index contributed by atoms with van der Waals surface area (Å²) in [6.45, 7) is 5.20. The van der Waals surface area contributed by atoms with Crippen molar-refractivity contribution < 1.29 is 5.21 Å². The average molecular weight is 274 g/mol. The van der Waals surface area contributed by atoms with Crippen LogP contribution < -0.4 is 5.73 Å². The van der Waals surface area contributed by atoms with Gasteiger partial charge in [-0.25, -0.2) is 0 Å². The summed E-state index contributed by atoms with van der Waals surface area (Å²) in [7, 11) is 3.78. The van der Waals surface area contributed by atoms with Gasteiger partial charge in [0.2, 0.25) is 0 Å². The first-order chi connectivity index (χ1) is 8.36. The molecular weight excluding hydrogens is 254 g/mol. The first kappa shape index (κ1) is 14.8. The van der Waals surface area contributed by atoms with E-state index in [1.54, 1.807) is 4.68 Å². The molecule has 0 amide bonds. The molecule has 0 spiro atoms. The van der Waals surface area contributed by atoms with Gasteiger partial charge in [-0.2, -0.15) is 5.10 Å². The number of amidine groups is 1. The molecule has 6 nitrogen and oxygen atoms in total. The van der Waals surface area contributed by atoms with Gasteiger partial charge in [0.25, 0.3) is 0 Å². The second-order valence-electron chi connectivity index (χ2n) is 4.60. The fourth-order valence-corrected chi connectivity index (χ4v) is 2.08. The second kappa shape index (κ2) is 6.06. The minimum absolute atomic E-state index is 0.0178. The highest BCUT2D eigenvalue weighted by Crippen LogP contribution is 2.20. The third kappa shape index (κ3) is 3.36. The van der Waals surface area contributed by atoms with Crippen LogP contribution in [0.5, 0.6) is 0 Å². The molecule has 0 saturated carbocycles. The molecule has 1 atom stereocenters. The average Bonchev–Trinajstić information content (AvgIpc) is 2.54. The van der Waals surface area contributed by atoms with Crippen LogP contribution in [0.1, 0.15) is 18.2 Å². The van der Waals surface area contributed by atoms with Gasteiger partial charge in [0, 0.05) is 31.6 Å². The van der Waals surface area contributed by atoms with E-state index in [0.717, 1.165) is 11.3 Å². The minimum Gasteiger partial charge on any atom is -0.409 e. The van der Waals surface area contributed by atoms with Gasteiger partial charge in [0.05, 0.1) is 5.69 Å². The van der Waals surface area contributed by atoms with Crippen molar-refractivity contribution in [3.05, 3.63) is 16.4 Å². The summed E-state index contributed by atoms with van der Waals surface area (Å²) in [5, 5.41) is 16.5. The number of hydrogen-bond donors (Lipinski definition) is 2. The molecule has 18 heavy (non-hydrogen) atoms. The molecule has 0 fully saturated rings. The van der Waals surface area contributed by atoms with E-state index < -0.39 is 0 Å². The molecule has 0 bridgehead atoms. The topological polar surface area (TPSA) is 79.7 Å². The summed E-state index contributed by atoms with van der Waals surface area (Å²) >= 11 is 6.17. The predicted molar refractivity (Wildman–Crippen MR) is 71.9 cm³/mol. The van der Waals surface area contributed by atoms with Gasteiger partial charge in [-0.05, 0) is 14.0 Å². The first-order valence-corrected chi connectivity index (χ1v) is 6.08. The lowest BCUT2D eigenvalue weighted by atomic mass is 10.1. The molecule has 1 aromatic heterocycles. The van der Waals surface area contributed by atoms with Crippen molar-refractivity contribution in [2.24, 2.45) is 23.9 Å². The third-order valence-corrected chi connectivity index (χ3v) is 3.38. The van der Waals surface area contributed by atoms with Crippen LogP contribution in [-0.4, -0.2) is 39.3 Å². The van der Waals surface area contributed by atoms with Gasteiger partial charge in [0.1, 0.15) is 11.0 Å². The summed E-state index contributed by atoms with van der Waals surface area (Å²) in [5.74, 6) is 0.214. The Morgan fingerprint density at radius 1 is 1.67 bits per heavy atom. The molecule has 0 radical (unpaired) electrons. The maximum atomic E-state index is 8.61. The number of nitrogens with two attached hydrogens (primary N) is 1. The Bertz CT molecular complexity index is 443. The van der Waals surface area contributed by atoms with Gasteiger partial charge >= 0.3 is 0 Å². The lowest BCUT2D eigenvalue weighted by molar-refractivity contribution is 0.290. The molecule has 7 heteroatoms. The molecule has 0 aromatic carbocycles. The van der Waals surface area contributed by atoms with E-state index in [1.807, 2.05) is 27.9 Å². The third-order valence-electron chi connectivity index (χ3n) is 2.90. The lowest BCUT2D eigenvalue weighted by Gasteiger charge is -2.20. The second-order valence-corrected chi connectivity index (χ2v) is 4.96. The normalized spacial score (nSPS) is 14.2. The maximum absolute atomic E-state index is 8.61. The Hall–Kier alpha value is -1.27. The highest BCUT2D eigenvalue weighted by molar-refractivity contribution is 6.30. The Labute approximate surface area is 112 Å². The Kier molecular flexibility index (Phi) is 4.98. The summed E-state index contributed by atoms with van der Waals surface area (Å²) in [6.07, 6.45) is 0. The molecule has 1 rings (SSSR count). The molecule has 102 valence electrons. The standard InChI is InChI=1S/C11H20ClN5O/c1-7(11(13)15-18)5-16(3)6-9-8(2)14-17(4)10(9)12/h7,18H,5-6H2,1-4H3,(H2,13,15). The van der Waals surface area contributed by atoms with Crippen LogP contribution in [0.4, 0.5) is 0 Å². The van der Waals surface area contributed by atoms with Crippen molar-refractivity contribution in [2.45, 2.75) is 20.4 Å². The van der Waals surface area contributed by atoms with Gasteiger partial charge < -0.3 is 15.8 Å². The van der Waals surface area contributed by atoms with Crippen LogP contribution in [0.15, 0.2) is 5.16 Å². The number of rotatable bonds is 5. The van der Waals surface area contributed by atoms with Crippen LogP contribution in [-0.2, 0) is 13.6 Å². The van der Waals surface area contributed by atoms with Gasteiger partial charge in [-0.3, -0.25) is 4.68 Å². The van der Waals surface area contributed by atoms with E-state index in [-0.39, 0.29) is 11.8 Å². The van der Waals surface area contributed by atoms with Crippen LogP contribution in [0, 0.1) is 12.8 Å². The fourth-order valence-electron chi connectivity index (χ4n) is 1.85. The zero-order chi connectivity index (χ0) is 13.9. The SMILES string of the molecule is Cc1nn(C)c(Cl)c1CN(C)CC(C)C(N)=NO. The first-order valence-electron chi connectivity index (χ1n) is 5.70. The van der Waals surface area contributed by atoms with E-state index >= 15 is 0 Å². The largest absolute Gasteiger partial charge is 0.409 e. The van der Waals surface area contributed by atoms with Crippen LogP contribution >= 0.6 is 11.6 Å². The maximum Gasteiger partial charge on any atom is 0.143 e. The summed E-state index contributed by atoms with van der Waals surface area (Å²) in [5.41, 5.74) is 7.48. The Morgan fingerprint density at radius 3 is 2.72 bits per heavy atom. The van der Waals surface area contributed by atoms with Crippen molar-refractivity contribution >= 4 is 17.4 Å². The Morgan fingerprint density at radius 2 is 2.28 bits per heavy atom. The zero-order valence-electron chi connectivity index (χ0n) is 11.2.